The summed E-state index contributed by atoms with van der Waals surface area (Å²) in [4.78, 5) is 34.4. The van der Waals surface area contributed by atoms with Crippen LogP contribution in [0.1, 0.15) is 36.8 Å². The fraction of sp³-hybridized carbons (Fsp3) is 0.242. The largest absolute Gasteiger partial charge is 0.443 e. The number of carbonyl (C=O) groups is 2. The fourth-order valence-corrected chi connectivity index (χ4v) is 4.21. The van der Waals surface area contributed by atoms with Crippen LogP contribution < -0.4 is 15.1 Å². The Morgan fingerprint density at radius 3 is 2.10 bits per heavy atom. The maximum absolute atomic E-state index is 13.3. The smallest absolute Gasteiger partial charge is 0.414 e. The quantitative estimate of drug-likeness (QED) is 0.261. The zero-order valence-electron chi connectivity index (χ0n) is 23.7. The third kappa shape index (κ3) is 7.47. The number of amides is 2. The lowest BCUT2D eigenvalue weighted by Crippen LogP contribution is -2.38. The number of nitrogens with one attached hydrogen (secondary N) is 1. The van der Waals surface area contributed by atoms with E-state index in [2.05, 4.69) is 10.3 Å². The summed E-state index contributed by atoms with van der Waals surface area (Å²) in [5.41, 5.74) is 5.04. The van der Waals surface area contributed by atoms with Crippen molar-refractivity contribution in [3.8, 4) is 11.1 Å². The third-order valence-electron chi connectivity index (χ3n) is 6.23. The molecule has 2 amide bonds. The van der Waals surface area contributed by atoms with Crippen molar-refractivity contribution >= 4 is 29.1 Å². The molecule has 4 aromatic rings. The molecule has 0 unspecified atom stereocenters. The zero-order chi connectivity index (χ0) is 28.7. The summed E-state index contributed by atoms with van der Waals surface area (Å²) >= 11 is 0. The molecule has 7 heteroatoms. The topological polar surface area (TPSA) is 74.8 Å². The van der Waals surface area contributed by atoms with Crippen LogP contribution >= 0.6 is 0 Å². The van der Waals surface area contributed by atoms with Crippen LogP contribution in [0.4, 0.5) is 21.9 Å². The molecule has 0 saturated carbocycles. The van der Waals surface area contributed by atoms with Crippen LogP contribution in [-0.4, -0.2) is 43.2 Å². The predicted molar refractivity (Wildman–Crippen MR) is 162 cm³/mol. The van der Waals surface area contributed by atoms with E-state index in [9.17, 15) is 9.59 Å². The van der Waals surface area contributed by atoms with E-state index in [-0.39, 0.29) is 5.91 Å². The molecule has 0 fully saturated rings. The van der Waals surface area contributed by atoms with E-state index in [0.717, 1.165) is 22.5 Å². The van der Waals surface area contributed by atoms with Crippen molar-refractivity contribution in [2.24, 2.45) is 0 Å². The van der Waals surface area contributed by atoms with E-state index in [1.807, 2.05) is 119 Å². The molecule has 1 heterocycles. The Labute approximate surface area is 236 Å². The number of pyridine rings is 1. The molecule has 0 saturated heterocycles. The number of benzene rings is 3. The molecule has 1 aromatic heterocycles. The highest BCUT2D eigenvalue weighted by Gasteiger charge is 2.23. The van der Waals surface area contributed by atoms with Gasteiger partial charge < -0.3 is 15.0 Å². The second-order valence-corrected chi connectivity index (χ2v) is 10.7. The minimum Gasteiger partial charge on any atom is -0.443 e. The monoisotopic (exact) mass is 536 g/mol. The normalized spacial score (nSPS) is 11.0. The van der Waals surface area contributed by atoms with Crippen molar-refractivity contribution < 1.29 is 14.3 Å². The summed E-state index contributed by atoms with van der Waals surface area (Å²) in [6.45, 7) is 5.93. The molecule has 7 nitrogen and oxygen atoms in total. The Morgan fingerprint density at radius 1 is 0.825 bits per heavy atom. The Kier molecular flexibility index (Phi) is 8.84. The summed E-state index contributed by atoms with van der Waals surface area (Å²) in [6.07, 6.45) is 1.88. The number of carbonyl (C=O) groups excluding carboxylic acids is 2. The van der Waals surface area contributed by atoms with Crippen molar-refractivity contribution in [3.63, 3.8) is 0 Å². The summed E-state index contributed by atoms with van der Waals surface area (Å²) in [5, 5.41) is 3.00. The van der Waals surface area contributed by atoms with E-state index in [1.54, 1.807) is 23.2 Å². The van der Waals surface area contributed by atoms with Gasteiger partial charge in [0, 0.05) is 61.6 Å². The van der Waals surface area contributed by atoms with Crippen molar-refractivity contribution in [1.82, 2.24) is 4.98 Å². The minimum atomic E-state index is -0.631. The predicted octanol–water partition coefficient (Wildman–Crippen LogP) is 7.05. The highest BCUT2D eigenvalue weighted by atomic mass is 16.6. The number of anilines is 3. The summed E-state index contributed by atoms with van der Waals surface area (Å²) < 4.78 is 5.67. The average molecular weight is 537 g/mol. The van der Waals surface area contributed by atoms with Gasteiger partial charge in [0.05, 0.1) is 0 Å². The molecule has 4 rings (SSSR count). The highest BCUT2D eigenvalue weighted by Crippen LogP contribution is 2.27. The summed E-state index contributed by atoms with van der Waals surface area (Å²) in [6, 6.07) is 28.6. The second-order valence-electron chi connectivity index (χ2n) is 10.7. The molecule has 0 atom stereocenters. The van der Waals surface area contributed by atoms with E-state index in [1.165, 1.54) is 0 Å². The van der Waals surface area contributed by atoms with Crippen LogP contribution in [0.15, 0.2) is 97.2 Å². The van der Waals surface area contributed by atoms with Crippen molar-refractivity contribution in [3.05, 3.63) is 108 Å². The number of rotatable bonds is 8. The van der Waals surface area contributed by atoms with Crippen LogP contribution in [0.2, 0.25) is 0 Å². The Balaban J connectivity index is 1.51. The fourth-order valence-electron chi connectivity index (χ4n) is 4.21. The Morgan fingerprint density at radius 2 is 1.48 bits per heavy atom. The van der Waals surface area contributed by atoms with Gasteiger partial charge >= 0.3 is 6.09 Å². The Hall–Kier alpha value is -4.65. The van der Waals surface area contributed by atoms with Gasteiger partial charge in [0.25, 0.3) is 5.91 Å². The second kappa shape index (κ2) is 12.5. The number of aromatic nitrogens is 1. The lowest BCUT2D eigenvalue weighted by molar-refractivity contribution is 0.0580. The third-order valence-corrected chi connectivity index (χ3v) is 6.23. The maximum atomic E-state index is 13.3. The molecule has 1 N–H and O–H groups in total. The number of hydrogen-bond donors (Lipinski definition) is 1. The average Bonchev–Trinajstić information content (AvgIpc) is 2.93. The van der Waals surface area contributed by atoms with E-state index < -0.39 is 11.7 Å². The first kappa shape index (κ1) is 28.4. The molecule has 3 aromatic carbocycles. The molecule has 206 valence electrons. The summed E-state index contributed by atoms with van der Waals surface area (Å²) in [7, 11) is 3.99. The van der Waals surface area contributed by atoms with Gasteiger partial charge in [-0.2, -0.15) is 0 Å². The van der Waals surface area contributed by atoms with Gasteiger partial charge in [-0.05, 0) is 86.5 Å². The van der Waals surface area contributed by atoms with Crippen LogP contribution in [0.5, 0.6) is 0 Å². The Bertz CT molecular complexity index is 1430. The van der Waals surface area contributed by atoms with Crippen molar-refractivity contribution in [2.45, 2.75) is 32.8 Å². The molecule has 0 aliphatic carbocycles. The van der Waals surface area contributed by atoms with Gasteiger partial charge in [-0.25, -0.2) is 4.79 Å². The number of nitrogens with zero attached hydrogens (tertiary/aromatic N) is 3. The zero-order valence-corrected chi connectivity index (χ0v) is 23.7. The van der Waals surface area contributed by atoms with E-state index in [4.69, 9.17) is 4.74 Å². The van der Waals surface area contributed by atoms with Gasteiger partial charge in [0.1, 0.15) is 5.60 Å². The van der Waals surface area contributed by atoms with Crippen LogP contribution in [0, 0.1) is 0 Å². The van der Waals surface area contributed by atoms with E-state index >= 15 is 0 Å². The van der Waals surface area contributed by atoms with Gasteiger partial charge in [-0.1, -0.05) is 36.4 Å². The van der Waals surface area contributed by atoms with Gasteiger partial charge in [0.2, 0.25) is 0 Å². The number of hydrogen-bond acceptors (Lipinski definition) is 5. The van der Waals surface area contributed by atoms with Gasteiger partial charge in [-0.15, -0.1) is 0 Å². The molecule has 0 aliphatic rings. The molecule has 40 heavy (non-hydrogen) atoms. The lowest BCUT2D eigenvalue weighted by atomic mass is 9.99. The van der Waals surface area contributed by atoms with Gasteiger partial charge in [0.15, 0.2) is 0 Å². The highest BCUT2D eigenvalue weighted by molar-refractivity contribution is 6.08. The van der Waals surface area contributed by atoms with Crippen molar-refractivity contribution in [1.29, 1.82) is 0 Å². The van der Waals surface area contributed by atoms with Crippen LogP contribution in [0.3, 0.4) is 0 Å². The molecular weight excluding hydrogens is 500 g/mol. The van der Waals surface area contributed by atoms with Crippen molar-refractivity contribution in [2.75, 3.05) is 35.8 Å². The van der Waals surface area contributed by atoms with Crippen LogP contribution in [-0.2, 0) is 11.2 Å². The minimum absolute atomic E-state index is 0.209. The molecule has 0 spiro atoms. The summed E-state index contributed by atoms with van der Waals surface area (Å²) in [5.74, 6) is -0.209. The molecule has 0 bridgehead atoms. The SMILES string of the molecule is CN(C)c1ccc(-c2ccccc2C(=O)Nc2ccc(N(CCc3ccccn3)C(=O)OC(C)(C)C)cc2)cc1. The lowest BCUT2D eigenvalue weighted by Gasteiger charge is -2.27. The van der Waals surface area contributed by atoms with E-state index in [0.29, 0.717) is 29.9 Å². The first-order valence-corrected chi connectivity index (χ1v) is 13.3. The number of ether oxygens (including phenoxy) is 1. The molecule has 0 aliphatic heterocycles. The maximum Gasteiger partial charge on any atom is 0.414 e. The first-order valence-electron chi connectivity index (χ1n) is 13.3. The molecular formula is C33H36N4O3. The first-order chi connectivity index (χ1) is 19.1. The van der Waals surface area contributed by atoms with Crippen LogP contribution in [0.25, 0.3) is 11.1 Å². The standard InChI is InChI=1S/C33H36N4O3/c1-33(2,3)40-32(39)37(23-21-25-10-8-9-22-34-25)28-19-15-26(16-20-28)35-31(38)30-12-7-6-11-29(30)24-13-17-27(18-14-24)36(4)5/h6-20,22H,21,23H2,1-5H3,(H,35,38). The van der Waals surface area contributed by atoms with Gasteiger partial charge in [-0.3, -0.25) is 14.7 Å². The molecule has 0 radical (unpaired) electrons.